The van der Waals surface area contributed by atoms with Crippen molar-refractivity contribution in [1.82, 2.24) is 15.1 Å². The van der Waals surface area contributed by atoms with Gasteiger partial charge in [0.1, 0.15) is 17.2 Å². The van der Waals surface area contributed by atoms with E-state index in [0.29, 0.717) is 5.92 Å². The Hall–Kier alpha value is -2.57. The van der Waals surface area contributed by atoms with Crippen LogP contribution in [0.3, 0.4) is 0 Å². The molecule has 2 aromatic rings. The molecule has 1 fully saturated rings. The van der Waals surface area contributed by atoms with Gasteiger partial charge in [-0.3, -0.25) is 9.59 Å². The molecule has 5 nitrogen and oxygen atoms in total. The van der Waals surface area contributed by atoms with Gasteiger partial charge < -0.3 is 5.32 Å². The highest BCUT2D eigenvalue weighted by atomic mass is 19.1. The zero-order chi connectivity index (χ0) is 16.4. The summed E-state index contributed by atoms with van der Waals surface area (Å²) in [5, 5.41) is 6.65. The third kappa shape index (κ3) is 3.44. The number of hydrogen-bond acceptors (Lipinski definition) is 3. The van der Waals surface area contributed by atoms with Crippen molar-refractivity contribution in [2.24, 2.45) is 0 Å². The highest BCUT2D eigenvalue weighted by molar-refractivity contribution is 5.94. The maximum atomic E-state index is 13.5. The molecule has 1 N–H and O–H groups in total. The topological polar surface area (TPSA) is 64.0 Å². The molecular weight excluding hydrogens is 304 g/mol. The highest BCUT2D eigenvalue weighted by Crippen LogP contribution is 2.38. The third-order valence-corrected chi connectivity index (χ3v) is 3.68. The second kappa shape index (κ2) is 6.28. The number of nitrogens with one attached hydrogen (secondary N) is 1. The summed E-state index contributed by atoms with van der Waals surface area (Å²) >= 11 is 0. The van der Waals surface area contributed by atoms with Crippen LogP contribution >= 0.6 is 0 Å². The Morgan fingerprint density at radius 2 is 1.91 bits per heavy atom. The van der Waals surface area contributed by atoms with Crippen LogP contribution in [-0.4, -0.2) is 22.2 Å². The van der Waals surface area contributed by atoms with E-state index in [4.69, 9.17) is 0 Å². The molecule has 120 valence electrons. The summed E-state index contributed by atoms with van der Waals surface area (Å²) in [7, 11) is 0. The van der Waals surface area contributed by atoms with Crippen molar-refractivity contribution in [2.75, 3.05) is 6.54 Å². The predicted octanol–water partition coefficient (Wildman–Crippen LogP) is 1.83. The van der Waals surface area contributed by atoms with Crippen LogP contribution in [0.25, 0.3) is 0 Å². The van der Waals surface area contributed by atoms with Crippen molar-refractivity contribution in [1.29, 1.82) is 0 Å². The van der Waals surface area contributed by atoms with E-state index in [1.807, 2.05) is 0 Å². The Balaban J connectivity index is 1.64. The normalized spacial score (nSPS) is 13.8. The fraction of sp³-hybridized carbons (Fsp3) is 0.312. The van der Waals surface area contributed by atoms with Crippen molar-refractivity contribution in [3.8, 4) is 0 Å². The first-order valence-corrected chi connectivity index (χ1v) is 7.36. The highest BCUT2D eigenvalue weighted by Gasteiger charge is 2.25. The van der Waals surface area contributed by atoms with Crippen molar-refractivity contribution in [3.05, 3.63) is 63.6 Å². The number of rotatable bonds is 5. The fourth-order valence-electron chi connectivity index (χ4n) is 2.30. The van der Waals surface area contributed by atoms with E-state index in [2.05, 4.69) is 10.4 Å². The summed E-state index contributed by atoms with van der Waals surface area (Å²) in [5.41, 5.74) is -0.0451. The van der Waals surface area contributed by atoms with Crippen molar-refractivity contribution >= 4 is 5.91 Å². The van der Waals surface area contributed by atoms with Crippen LogP contribution < -0.4 is 10.9 Å². The number of benzene rings is 1. The van der Waals surface area contributed by atoms with Crippen molar-refractivity contribution < 1.29 is 13.6 Å². The van der Waals surface area contributed by atoms with E-state index < -0.39 is 23.1 Å². The fourth-order valence-corrected chi connectivity index (χ4v) is 2.30. The van der Waals surface area contributed by atoms with Gasteiger partial charge >= 0.3 is 0 Å². The summed E-state index contributed by atoms with van der Waals surface area (Å²) in [4.78, 5) is 23.6. The minimum absolute atomic E-state index is 0.0492. The lowest BCUT2D eigenvalue weighted by molar-refractivity contribution is 0.0943. The summed E-state index contributed by atoms with van der Waals surface area (Å²) in [6.07, 6.45) is 2.13. The van der Waals surface area contributed by atoms with Gasteiger partial charge in [-0.05, 0) is 31.0 Å². The molecule has 1 aliphatic rings. The molecular formula is C16H15F2N3O2. The first kappa shape index (κ1) is 15.3. The molecule has 1 aromatic heterocycles. The summed E-state index contributed by atoms with van der Waals surface area (Å²) in [6, 6.07) is 6.38. The Bertz CT molecular complexity index is 780. The van der Waals surface area contributed by atoms with Crippen LogP contribution in [0, 0.1) is 11.6 Å². The van der Waals surface area contributed by atoms with E-state index in [9.17, 15) is 18.4 Å². The lowest BCUT2D eigenvalue weighted by Crippen LogP contribution is -2.33. The molecule has 1 aliphatic carbocycles. The maximum absolute atomic E-state index is 13.5. The van der Waals surface area contributed by atoms with E-state index >= 15 is 0 Å². The molecule has 0 atom stereocenters. The van der Waals surface area contributed by atoms with Gasteiger partial charge in [0.2, 0.25) is 0 Å². The molecule has 0 bridgehead atoms. The number of aromatic nitrogens is 2. The molecule has 1 saturated carbocycles. The van der Waals surface area contributed by atoms with Gasteiger partial charge in [0.25, 0.3) is 11.5 Å². The number of carbonyl (C=O) groups is 1. The van der Waals surface area contributed by atoms with Gasteiger partial charge in [-0.1, -0.05) is 6.07 Å². The lowest BCUT2D eigenvalue weighted by Gasteiger charge is -2.09. The van der Waals surface area contributed by atoms with E-state index in [0.717, 1.165) is 30.7 Å². The minimum Gasteiger partial charge on any atom is -0.350 e. The van der Waals surface area contributed by atoms with Gasteiger partial charge in [0.05, 0.1) is 12.2 Å². The van der Waals surface area contributed by atoms with Gasteiger partial charge in [-0.2, -0.15) is 5.10 Å². The zero-order valence-electron chi connectivity index (χ0n) is 12.3. The SMILES string of the molecule is O=C(NCCn1nc(C2CC2)ccc1=O)c1c(F)cccc1F. The first-order valence-electron chi connectivity index (χ1n) is 7.36. The molecule has 7 heteroatoms. The third-order valence-electron chi connectivity index (χ3n) is 3.68. The van der Waals surface area contributed by atoms with Crippen molar-refractivity contribution in [3.63, 3.8) is 0 Å². The second-order valence-electron chi connectivity index (χ2n) is 5.45. The number of amides is 1. The van der Waals surface area contributed by atoms with E-state index in [1.165, 1.54) is 16.8 Å². The smallest absolute Gasteiger partial charge is 0.266 e. The molecule has 0 saturated heterocycles. The maximum Gasteiger partial charge on any atom is 0.266 e. The van der Waals surface area contributed by atoms with Gasteiger partial charge in [-0.15, -0.1) is 0 Å². The zero-order valence-corrected chi connectivity index (χ0v) is 12.3. The van der Waals surface area contributed by atoms with Crippen molar-refractivity contribution in [2.45, 2.75) is 25.3 Å². The molecule has 0 radical (unpaired) electrons. The molecule has 1 aromatic carbocycles. The summed E-state index contributed by atoms with van der Waals surface area (Å²) < 4.78 is 28.2. The van der Waals surface area contributed by atoms with Crippen LogP contribution in [0.4, 0.5) is 8.78 Å². The van der Waals surface area contributed by atoms with E-state index in [1.54, 1.807) is 6.07 Å². The molecule has 0 spiro atoms. The molecule has 0 aliphatic heterocycles. The Morgan fingerprint density at radius 3 is 2.57 bits per heavy atom. The van der Waals surface area contributed by atoms with Crippen LogP contribution in [-0.2, 0) is 6.54 Å². The lowest BCUT2D eigenvalue weighted by atomic mass is 10.2. The van der Waals surface area contributed by atoms with E-state index in [-0.39, 0.29) is 18.6 Å². The number of hydrogen-bond donors (Lipinski definition) is 1. The average molecular weight is 319 g/mol. The Morgan fingerprint density at radius 1 is 1.22 bits per heavy atom. The standard InChI is InChI=1S/C16H15F2N3O2/c17-11-2-1-3-12(18)15(11)16(23)19-8-9-21-14(22)7-6-13(20-21)10-4-5-10/h1-3,6-7,10H,4-5,8-9H2,(H,19,23). The minimum atomic E-state index is -0.923. The summed E-state index contributed by atoms with van der Waals surface area (Å²) in [6.45, 7) is 0.189. The average Bonchev–Trinajstić information content (AvgIpc) is 3.34. The van der Waals surface area contributed by atoms with Gasteiger partial charge in [0.15, 0.2) is 0 Å². The molecule has 0 unspecified atom stereocenters. The molecule has 1 heterocycles. The van der Waals surface area contributed by atoms with Crippen LogP contribution in [0.5, 0.6) is 0 Å². The number of carbonyl (C=O) groups excluding carboxylic acids is 1. The van der Waals surface area contributed by atoms with Crippen LogP contribution in [0.2, 0.25) is 0 Å². The molecule has 1 amide bonds. The Labute approximate surface area is 130 Å². The van der Waals surface area contributed by atoms with Crippen LogP contribution in [0.1, 0.15) is 34.8 Å². The Kier molecular flexibility index (Phi) is 4.18. The quantitative estimate of drug-likeness (QED) is 0.914. The first-order chi connectivity index (χ1) is 11.1. The summed E-state index contributed by atoms with van der Waals surface area (Å²) in [5.74, 6) is -2.29. The monoisotopic (exact) mass is 319 g/mol. The largest absolute Gasteiger partial charge is 0.350 e. The van der Waals surface area contributed by atoms with Crippen LogP contribution in [0.15, 0.2) is 35.1 Å². The molecule has 3 rings (SSSR count). The predicted molar refractivity (Wildman–Crippen MR) is 79.2 cm³/mol. The van der Waals surface area contributed by atoms with Gasteiger partial charge in [-0.25, -0.2) is 13.5 Å². The number of nitrogens with zero attached hydrogens (tertiary/aromatic N) is 2. The van der Waals surface area contributed by atoms with Gasteiger partial charge in [0, 0.05) is 18.5 Å². The second-order valence-corrected chi connectivity index (χ2v) is 5.45. The molecule has 23 heavy (non-hydrogen) atoms. The number of halogens is 2.